The van der Waals surface area contributed by atoms with Crippen LogP contribution in [-0.2, 0) is 0 Å². The summed E-state index contributed by atoms with van der Waals surface area (Å²) in [7, 11) is 0. The van der Waals surface area contributed by atoms with Gasteiger partial charge in [-0.1, -0.05) is 170 Å². The molecule has 51 heavy (non-hydrogen) atoms. The van der Waals surface area contributed by atoms with E-state index in [4.69, 9.17) is 9.60 Å². The highest BCUT2D eigenvalue weighted by Crippen LogP contribution is 2.41. The fourth-order valence-electron chi connectivity index (χ4n) is 6.20. The van der Waals surface area contributed by atoms with Crippen LogP contribution in [0.3, 0.4) is 0 Å². The van der Waals surface area contributed by atoms with Crippen LogP contribution in [0.4, 0.5) is 17.1 Å². The van der Waals surface area contributed by atoms with Crippen LogP contribution in [0.15, 0.2) is 212 Å². The molecule has 1 heteroatoms. The first-order chi connectivity index (χ1) is 31.6. The number of anilines is 3. The van der Waals surface area contributed by atoms with E-state index in [9.17, 15) is 11.0 Å². The monoisotopic (exact) mass is 664 g/mol. The van der Waals surface area contributed by atoms with Crippen molar-refractivity contribution in [2.24, 2.45) is 0 Å². The van der Waals surface area contributed by atoms with E-state index in [2.05, 4.69) is 0 Å². The van der Waals surface area contributed by atoms with E-state index in [0.717, 1.165) is 37.9 Å². The molecule has 9 aromatic rings. The number of nitrogens with zero attached hydrogens (tertiary/aromatic N) is 1. The molecule has 0 amide bonds. The third-order valence-corrected chi connectivity index (χ3v) is 8.66. The highest BCUT2D eigenvalue weighted by atomic mass is 15.1. The Bertz CT molecular complexity index is 3410. The van der Waals surface area contributed by atoms with Gasteiger partial charge in [-0.05, 0) is 108 Å². The quantitative estimate of drug-likeness (QED) is 0.164. The molecule has 240 valence electrons. The first-order valence-electron chi connectivity index (χ1n) is 23.8. The second-order valence-corrected chi connectivity index (χ2v) is 11.8. The largest absolute Gasteiger partial charge is 0.311 e. The van der Waals surface area contributed by atoms with Gasteiger partial charge in [0.2, 0.25) is 0 Å². The van der Waals surface area contributed by atoms with Gasteiger partial charge in [0, 0.05) is 17.1 Å². The van der Waals surface area contributed by atoms with Crippen LogP contribution in [0, 0.1) is 0 Å². The summed E-state index contributed by atoms with van der Waals surface area (Å²) < 4.78 is 135. The first-order valence-corrected chi connectivity index (χ1v) is 16.3. The minimum absolute atomic E-state index is 0.00961. The number of fused-ring (bicyclic) bond motifs is 2. The number of hydrogen-bond acceptors (Lipinski definition) is 1. The minimum Gasteiger partial charge on any atom is -0.311 e. The van der Waals surface area contributed by atoms with Crippen LogP contribution in [0.25, 0.3) is 66.1 Å². The van der Waals surface area contributed by atoms with Gasteiger partial charge >= 0.3 is 0 Å². The Morgan fingerprint density at radius 1 is 0.333 bits per heavy atom. The molecule has 0 N–H and O–H groups in total. The van der Waals surface area contributed by atoms with Gasteiger partial charge in [0.05, 0.1) is 20.6 Å². The Hall–Kier alpha value is -6.70. The van der Waals surface area contributed by atoms with Gasteiger partial charge < -0.3 is 4.90 Å². The van der Waals surface area contributed by atoms with E-state index in [1.54, 1.807) is 54.6 Å². The summed E-state index contributed by atoms with van der Waals surface area (Å²) in [6.07, 6.45) is 0. The third kappa shape index (κ3) is 5.96. The van der Waals surface area contributed by atoms with Crippen molar-refractivity contribution < 1.29 is 20.6 Å². The molecule has 0 unspecified atom stereocenters. The molecule has 0 bridgehead atoms. The zero-order valence-corrected chi connectivity index (χ0v) is 27.0. The predicted molar refractivity (Wildman–Crippen MR) is 218 cm³/mol. The van der Waals surface area contributed by atoms with Crippen molar-refractivity contribution >= 4 is 38.6 Å². The molecule has 9 aromatic carbocycles. The second-order valence-electron chi connectivity index (χ2n) is 11.8. The summed E-state index contributed by atoms with van der Waals surface area (Å²) in [5.74, 6) is 0. The van der Waals surface area contributed by atoms with Gasteiger partial charge in [0.15, 0.2) is 0 Å². The SMILES string of the molecule is [2H]c1c([2H])c(N(c2ccc(-c3c(-c4ccccc4)ccc4ccccc34)cc2)c2c([2H])c([2H])c(-c3c([2H])c([2H])c4c([2H])c([2H])c([2H])c([2H])c4c3[2H])c([2H])c2[2H])c([2H])c([2H])c1-c1ccccc1. The van der Waals surface area contributed by atoms with Gasteiger partial charge in [-0.15, -0.1) is 0 Å². The summed E-state index contributed by atoms with van der Waals surface area (Å²) in [5.41, 5.74) is 2.15. The molecule has 9 rings (SSSR count). The summed E-state index contributed by atoms with van der Waals surface area (Å²) in [6, 6.07) is 27.3. The molecule has 0 aliphatic rings. The van der Waals surface area contributed by atoms with Gasteiger partial charge in [-0.25, -0.2) is 0 Å². The third-order valence-electron chi connectivity index (χ3n) is 8.66. The summed E-state index contributed by atoms with van der Waals surface area (Å²) in [6.45, 7) is 0. The normalized spacial score (nSPS) is 15.3. The molecule has 0 aromatic heterocycles. The molecule has 0 saturated heterocycles. The van der Waals surface area contributed by atoms with Gasteiger partial charge in [-0.3, -0.25) is 0 Å². The summed E-state index contributed by atoms with van der Waals surface area (Å²) in [4.78, 5) is 1.15. The molecule has 0 fully saturated rings. The number of hydrogen-bond donors (Lipinski definition) is 0. The minimum atomic E-state index is -0.784. The van der Waals surface area contributed by atoms with Crippen LogP contribution in [-0.4, -0.2) is 0 Å². The van der Waals surface area contributed by atoms with E-state index in [1.165, 1.54) is 0 Å². The lowest BCUT2D eigenvalue weighted by molar-refractivity contribution is 1.28. The average molecular weight is 665 g/mol. The Morgan fingerprint density at radius 2 is 0.902 bits per heavy atom. The van der Waals surface area contributed by atoms with E-state index < -0.39 is 118 Å². The maximum atomic E-state index is 9.52. The molecule has 0 spiro atoms. The van der Waals surface area contributed by atoms with Crippen molar-refractivity contribution in [3.63, 3.8) is 0 Å². The van der Waals surface area contributed by atoms with Crippen molar-refractivity contribution in [1.29, 1.82) is 0 Å². The highest BCUT2D eigenvalue weighted by Gasteiger charge is 2.16. The lowest BCUT2D eigenvalue weighted by Crippen LogP contribution is -2.09. The van der Waals surface area contributed by atoms with Crippen LogP contribution in [0.1, 0.15) is 20.6 Å². The lowest BCUT2D eigenvalue weighted by atomic mass is 9.89. The second kappa shape index (κ2) is 13.3. The molecule has 0 aliphatic heterocycles. The fourth-order valence-corrected chi connectivity index (χ4v) is 6.20. The average Bonchev–Trinajstić information content (AvgIpc) is 3.33. The van der Waals surface area contributed by atoms with E-state index in [1.807, 2.05) is 66.7 Å². The Labute approximate surface area is 320 Å². The smallest absolute Gasteiger partial charge is 0.0645 e. The molecule has 0 radical (unpaired) electrons. The van der Waals surface area contributed by atoms with Gasteiger partial charge in [0.25, 0.3) is 0 Å². The van der Waals surface area contributed by atoms with Crippen molar-refractivity contribution in [2.45, 2.75) is 0 Å². The maximum absolute atomic E-state index is 9.52. The Morgan fingerprint density at radius 3 is 1.59 bits per heavy atom. The molecule has 0 atom stereocenters. The Kier molecular flexibility index (Phi) is 4.79. The van der Waals surface area contributed by atoms with Gasteiger partial charge in [0.1, 0.15) is 0 Å². The summed E-state index contributed by atoms with van der Waals surface area (Å²) >= 11 is 0. The molecule has 0 heterocycles. The summed E-state index contributed by atoms with van der Waals surface area (Å²) in [5, 5.41) is 1.11. The van der Waals surface area contributed by atoms with Crippen LogP contribution in [0.2, 0.25) is 0 Å². The van der Waals surface area contributed by atoms with Crippen molar-refractivity contribution in [3.8, 4) is 44.5 Å². The van der Waals surface area contributed by atoms with E-state index in [0.29, 0.717) is 5.56 Å². The zero-order chi connectivity index (χ0) is 47.0. The molecular formula is C50H35N. The van der Waals surface area contributed by atoms with E-state index >= 15 is 0 Å². The van der Waals surface area contributed by atoms with Crippen molar-refractivity contribution in [1.82, 2.24) is 0 Å². The van der Waals surface area contributed by atoms with Crippen LogP contribution in [0.5, 0.6) is 0 Å². The van der Waals surface area contributed by atoms with Gasteiger partial charge in [-0.2, -0.15) is 0 Å². The topological polar surface area (TPSA) is 3.24 Å². The first kappa shape index (κ1) is 18.3. The standard InChI is InChI=1S/C50H35N/c1-3-11-36(12-4-1)38-21-28-45(29-22-38)51(46-30-23-39(24-31-46)44-20-19-37-13-7-8-17-43(37)35-44)47-32-25-42(26-33-47)50-48-18-10-9-16-41(48)27-34-49(50)40-14-5-2-6-15-40/h1-35H/i7D,8D,13D,17D,19D,20D,21D,22D,23D,24D,28D,29D,30D,31D,35D. The Balaban J connectivity index is 1.32. The molecule has 1 nitrogen and oxygen atoms in total. The molecule has 0 aliphatic carbocycles. The van der Waals surface area contributed by atoms with E-state index in [-0.39, 0.29) is 16.9 Å². The molecular weight excluding hydrogens is 615 g/mol. The number of rotatable bonds is 7. The fraction of sp³-hybridized carbons (Fsp3) is 0. The number of benzene rings is 9. The van der Waals surface area contributed by atoms with Crippen LogP contribution < -0.4 is 4.90 Å². The predicted octanol–water partition coefficient (Wildman–Crippen LogP) is 14.1. The maximum Gasteiger partial charge on any atom is 0.0645 e. The van der Waals surface area contributed by atoms with Crippen molar-refractivity contribution in [3.05, 3.63) is 212 Å². The highest BCUT2D eigenvalue weighted by molar-refractivity contribution is 6.04. The molecule has 0 saturated carbocycles. The van der Waals surface area contributed by atoms with Crippen LogP contribution >= 0.6 is 0 Å². The zero-order valence-electron chi connectivity index (χ0n) is 42.0. The van der Waals surface area contributed by atoms with Crippen molar-refractivity contribution in [2.75, 3.05) is 4.90 Å². The lowest BCUT2D eigenvalue weighted by Gasteiger charge is -2.26.